The molecular formula is C14H14O2. The first kappa shape index (κ1) is 9.64. The second-order valence-electron chi connectivity index (χ2n) is 4.78. The van der Waals surface area contributed by atoms with Gasteiger partial charge in [-0.05, 0) is 29.9 Å². The van der Waals surface area contributed by atoms with Crippen LogP contribution >= 0.6 is 0 Å². The molecule has 1 aliphatic carbocycles. The smallest absolute Gasteiger partial charge is 0.316 e. The number of carbonyl (C=O) groups is 1. The monoisotopic (exact) mass is 214 g/mol. The Labute approximate surface area is 94.9 Å². The molecule has 1 spiro atoms. The average Bonchev–Trinajstić information content (AvgIpc) is 2.54. The van der Waals surface area contributed by atoms with Gasteiger partial charge in [0.25, 0.3) is 0 Å². The van der Waals surface area contributed by atoms with Gasteiger partial charge < -0.3 is 4.74 Å². The molecule has 0 atom stereocenters. The molecule has 2 fully saturated rings. The molecule has 0 bridgehead atoms. The van der Waals surface area contributed by atoms with Crippen LogP contribution in [0.25, 0.3) is 0 Å². The molecule has 1 aromatic carbocycles. The molecule has 1 saturated heterocycles. The lowest BCUT2D eigenvalue weighted by atomic mass is 9.58. The Bertz CT molecular complexity index is 423. The van der Waals surface area contributed by atoms with Gasteiger partial charge in [0.05, 0.1) is 5.41 Å². The molecule has 16 heavy (non-hydrogen) atoms. The van der Waals surface area contributed by atoms with Gasteiger partial charge in [0.2, 0.25) is 0 Å². The molecule has 1 aliphatic heterocycles. The van der Waals surface area contributed by atoms with Crippen molar-refractivity contribution in [3.05, 3.63) is 48.0 Å². The minimum absolute atomic E-state index is 0.0651. The summed E-state index contributed by atoms with van der Waals surface area (Å²) in [6.45, 7) is 4.38. The highest BCUT2D eigenvalue weighted by molar-refractivity contribution is 5.85. The molecule has 0 aromatic heterocycles. The van der Waals surface area contributed by atoms with Gasteiger partial charge in [-0.3, -0.25) is 4.79 Å². The molecule has 0 radical (unpaired) electrons. The lowest BCUT2D eigenvalue weighted by Gasteiger charge is -2.42. The highest BCUT2D eigenvalue weighted by Gasteiger charge is 2.56. The van der Waals surface area contributed by atoms with Crippen LogP contribution < -0.4 is 0 Å². The third-order valence-corrected chi connectivity index (χ3v) is 3.91. The summed E-state index contributed by atoms with van der Waals surface area (Å²) >= 11 is 0. The molecule has 0 unspecified atom stereocenters. The quantitative estimate of drug-likeness (QED) is 0.530. The fourth-order valence-electron chi connectivity index (χ4n) is 2.77. The van der Waals surface area contributed by atoms with Crippen LogP contribution in [0.5, 0.6) is 0 Å². The number of esters is 1. The highest BCUT2D eigenvalue weighted by Crippen LogP contribution is 2.57. The van der Waals surface area contributed by atoms with E-state index in [9.17, 15) is 4.79 Å². The second kappa shape index (κ2) is 3.21. The Balaban J connectivity index is 1.80. The zero-order valence-corrected chi connectivity index (χ0v) is 9.11. The Morgan fingerprint density at radius 2 is 1.94 bits per heavy atom. The Morgan fingerprint density at radius 1 is 1.25 bits per heavy atom. The van der Waals surface area contributed by atoms with Crippen LogP contribution in [0.1, 0.15) is 24.3 Å². The number of rotatable bonds is 1. The topological polar surface area (TPSA) is 26.3 Å². The van der Waals surface area contributed by atoms with Crippen molar-refractivity contribution < 1.29 is 9.53 Å². The van der Waals surface area contributed by atoms with Crippen molar-refractivity contribution in [2.45, 2.75) is 18.8 Å². The summed E-state index contributed by atoms with van der Waals surface area (Å²) < 4.78 is 5.07. The zero-order chi connectivity index (χ0) is 11.2. The van der Waals surface area contributed by atoms with E-state index >= 15 is 0 Å². The Morgan fingerprint density at radius 3 is 2.50 bits per heavy atom. The Hall–Kier alpha value is -1.57. The largest absolute Gasteiger partial charge is 0.460 e. The molecule has 3 rings (SSSR count). The van der Waals surface area contributed by atoms with E-state index in [1.807, 2.05) is 18.2 Å². The standard InChI is InChI=1S/C14H14O2/c1-10-9-16-13(15)14(10)7-12(8-14)11-5-3-2-4-6-11/h2-6,12H,1,7-9H2. The van der Waals surface area contributed by atoms with Gasteiger partial charge in [-0.15, -0.1) is 0 Å². The van der Waals surface area contributed by atoms with E-state index in [2.05, 4.69) is 18.7 Å². The van der Waals surface area contributed by atoms with Crippen LogP contribution in [-0.4, -0.2) is 12.6 Å². The van der Waals surface area contributed by atoms with Gasteiger partial charge in [-0.2, -0.15) is 0 Å². The predicted octanol–water partition coefficient (Wildman–Crippen LogP) is 2.66. The molecule has 1 aromatic rings. The van der Waals surface area contributed by atoms with Crippen LogP contribution in [0.2, 0.25) is 0 Å². The molecule has 82 valence electrons. The normalized spacial score (nSPS) is 32.6. The first-order valence-corrected chi connectivity index (χ1v) is 5.63. The van der Waals surface area contributed by atoms with E-state index in [-0.39, 0.29) is 11.4 Å². The van der Waals surface area contributed by atoms with E-state index in [0.29, 0.717) is 12.5 Å². The minimum Gasteiger partial charge on any atom is -0.460 e. The summed E-state index contributed by atoms with van der Waals surface area (Å²) in [5, 5.41) is 0. The molecule has 2 nitrogen and oxygen atoms in total. The molecule has 1 heterocycles. The summed E-state index contributed by atoms with van der Waals surface area (Å²) in [5.74, 6) is 0.424. The van der Waals surface area contributed by atoms with Gasteiger partial charge in [0.15, 0.2) is 0 Å². The van der Waals surface area contributed by atoms with Gasteiger partial charge in [-0.25, -0.2) is 0 Å². The third-order valence-electron chi connectivity index (χ3n) is 3.91. The molecule has 2 aliphatic rings. The summed E-state index contributed by atoms with van der Waals surface area (Å²) in [6.07, 6.45) is 1.74. The van der Waals surface area contributed by atoms with Crippen molar-refractivity contribution >= 4 is 5.97 Å². The summed E-state index contributed by atoms with van der Waals surface area (Å²) in [6, 6.07) is 10.4. The molecule has 1 saturated carbocycles. The highest BCUT2D eigenvalue weighted by atomic mass is 16.5. The molecular weight excluding hydrogens is 200 g/mol. The first-order chi connectivity index (χ1) is 7.72. The lowest BCUT2D eigenvalue weighted by Crippen LogP contribution is -2.40. The van der Waals surface area contributed by atoms with Crippen molar-refractivity contribution in [2.75, 3.05) is 6.61 Å². The second-order valence-corrected chi connectivity index (χ2v) is 4.78. The minimum atomic E-state index is -0.347. The fraction of sp³-hybridized carbons (Fsp3) is 0.357. The van der Waals surface area contributed by atoms with E-state index in [4.69, 9.17) is 4.74 Å². The first-order valence-electron chi connectivity index (χ1n) is 5.63. The number of hydrogen-bond acceptors (Lipinski definition) is 2. The van der Waals surface area contributed by atoms with E-state index in [1.54, 1.807) is 0 Å². The zero-order valence-electron chi connectivity index (χ0n) is 9.11. The van der Waals surface area contributed by atoms with Gasteiger partial charge >= 0.3 is 5.97 Å². The van der Waals surface area contributed by atoms with Crippen LogP contribution in [0.4, 0.5) is 0 Å². The number of cyclic esters (lactones) is 1. The van der Waals surface area contributed by atoms with Crippen LogP contribution in [0, 0.1) is 5.41 Å². The number of ether oxygens (including phenoxy) is 1. The van der Waals surface area contributed by atoms with Crippen molar-refractivity contribution in [3.8, 4) is 0 Å². The van der Waals surface area contributed by atoms with Gasteiger partial charge in [0.1, 0.15) is 6.61 Å². The Kier molecular flexibility index (Phi) is 1.93. The lowest BCUT2D eigenvalue weighted by molar-refractivity contribution is -0.150. The van der Waals surface area contributed by atoms with Crippen LogP contribution in [0.3, 0.4) is 0 Å². The number of benzene rings is 1. The summed E-state index contributed by atoms with van der Waals surface area (Å²) in [4.78, 5) is 11.7. The maximum Gasteiger partial charge on any atom is 0.316 e. The number of hydrogen-bond donors (Lipinski definition) is 0. The average molecular weight is 214 g/mol. The summed E-state index contributed by atoms with van der Waals surface area (Å²) in [5.41, 5.74) is 1.94. The SMILES string of the molecule is C=C1COC(=O)C12CC(c1ccccc1)C2. The third kappa shape index (κ3) is 1.16. The molecule has 0 amide bonds. The molecule has 0 N–H and O–H groups in total. The van der Waals surface area contributed by atoms with Crippen molar-refractivity contribution in [1.82, 2.24) is 0 Å². The number of carbonyl (C=O) groups excluding carboxylic acids is 1. The fourth-order valence-corrected chi connectivity index (χ4v) is 2.77. The van der Waals surface area contributed by atoms with Crippen LogP contribution in [-0.2, 0) is 9.53 Å². The van der Waals surface area contributed by atoms with Crippen molar-refractivity contribution in [2.24, 2.45) is 5.41 Å². The van der Waals surface area contributed by atoms with E-state index < -0.39 is 0 Å². The van der Waals surface area contributed by atoms with Crippen molar-refractivity contribution in [1.29, 1.82) is 0 Å². The molecule has 2 heteroatoms. The summed E-state index contributed by atoms with van der Waals surface area (Å²) in [7, 11) is 0. The maximum atomic E-state index is 11.7. The van der Waals surface area contributed by atoms with Gasteiger partial charge in [0, 0.05) is 0 Å². The van der Waals surface area contributed by atoms with Crippen LogP contribution in [0.15, 0.2) is 42.5 Å². The van der Waals surface area contributed by atoms with E-state index in [1.165, 1.54) is 5.56 Å². The maximum absolute atomic E-state index is 11.7. The van der Waals surface area contributed by atoms with Gasteiger partial charge in [-0.1, -0.05) is 36.9 Å². The van der Waals surface area contributed by atoms with Crippen molar-refractivity contribution in [3.63, 3.8) is 0 Å². The predicted molar refractivity (Wildman–Crippen MR) is 60.9 cm³/mol. The van der Waals surface area contributed by atoms with E-state index in [0.717, 1.165) is 18.4 Å².